The molecule has 4 rings (SSSR count). The molecule has 0 fully saturated rings. The highest BCUT2D eigenvalue weighted by Gasteiger charge is 2.25. The molecular weight excluding hydrogens is 452 g/mol. The lowest BCUT2D eigenvalue weighted by molar-refractivity contribution is 0.243. The third-order valence-electron chi connectivity index (χ3n) is 4.53. The summed E-state index contributed by atoms with van der Waals surface area (Å²) in [5.41, 5.74) is 0.715. The second-order valence-corrected chi connectivity index (χ2v) is 9.94. The summed E-state index contributed by atoms with van der Waals surface area (Å²) in [6.45, 7) is 1.51. The number of fused-ring (bicyclic) bond motifs is 1. The fourth-order valence-corrected chi connectivity index (χ4v) is 4.53. The molecule has 0 bridgehead atoms. The van der Waals surface area contributed by atoms with Crippen LogP contribution in [-0.4, -0.2) is 58.4 Å². The predicted molar refractivity (Wildman–Crippen MR) is 107 cm³/mol. The van der Waals surface area contributed by atoms with Crippen molar-refractivity contribution in [2.45, 2.75) is 22.6 Å². The first-order valence-corrected chi connectivity index (χ1v) is 11.7. The summed E-state index contributed by atoms with van der Waals surface area (Å²) in [7, 11) is -4.66. The highest BCUT2D eigenvalue weighted by Crippen LogP contribution is 2.30. The van der Waals surface area contributed by atoms with Crippen LogP contribution in [0.5, 0.6) is 0 Å². The summed E-state index contributed by atoms with van der Waals surface area (Å²) in [5.74, 6) is -2.76. The molecule has 1 atom stereocenters. The number of alkyl halides is 2. The molecule has 0 spiro atoms. The molecule has 0 aliphatic carbocycles. The first-order valence-electron chi connectivity index (χ1n) is 8.83. The standard InChI is InChI=1S/C17H15F2N7O3S2/c1-3-31(28,29)12-4-5-13(26-9-20-8-22-26)24-15(12)16-23-10-6-14(30(27)17(18)19)21-7-11(10)25(16)2/h4-9,17H,3H2,1-2H3. The van der Waals surface area contributed by atoms with Gasteiger partial charge in [0.15, 0.2) is 21.5 Å². The molecular formula is C17H15F2N7O3S2. The van der Waals surface area contributed by atoms with Crippen molar-refractivity contribution in [1.29, 1.82) is 0 Å². The summed E-state index contributed by atoms with van der Waals surface area (Å²) in [6, 6.07) is 4.10. The minimum atomic E-state index is -3.67. The number of pyridine rings is 2. The minimum absolute atomic E-state index is 0.0402. The Bertz CT molecular complexity index is 1400. The van der Waals surface area contributed by atoms with Gasteiger partial charge in [-0.2, -0.15) is 13.9 Å². The molecule has 31 heavy (non-hydrogen) atoms. The third kappa shape index (κ3) is 3.72. The fourth-order valence-electron chi connectivity index (χ4n) is 2.94. The molecule has 0 saturated carbocycles. The van der Waals surface area contributed by atoms with E-state index in [9.17, 15) is 21.4 Å². The van der Waals surface area contributed by atoms with Gasteiger partial charge in [0.2, 0.25) is 0 Å². The van der Waals surface area contributed by atoms with Crippen molar-refractivity contribution in [2.75, 3.05) is 5.75 Å². The van der Waals surface area contributed by atoms with Crippen LogP contribution in [0.15, 0.2) is 47.0 Å². The van der Waals surface area contributed by atoms with Crippen LogP contribution in [0.1, 0.15) is 6.92 Å². The first kappa shape index (κ1) is 21.1. The minimum Gasteiger partial charge on any atom is -0.324 e. The number of hydrogen-bond donors (Lipinski definition) is 0. The number of halogens is 2. The van der Waals surface area contributed by atoms with Crippen molar-refractivity contribution >= 4 is 31.7 Å². The van der Waals surface area contributed by atoms with E-state index in [0.717, 1.165) is 0 Å². The van der Waals surface area contributed by atoms with Crippen LogP contribution < -0.4 is 0 Å². The average molecular weight is 467 g/mol. The fraction of sp³-hybridized carbons (Fsp3) is 0.235. The number of aryl methyl sites for hydroxylation is 1. The van der Waals surface area contributed by atoms with Gasteiger partial charge >= 0.3 is 5.76 Å². The zero-order chi connectivity index (χ0) is 22.3. The van der Waals surface area contributed by atoms with Gasteiger partial charge in [0.05, 0.1) is 27.9 Å². The van der Waals surface area contributed by atoms with Crippen LogP contribution in [0, 0.1) is 0 Å². The van der Waals surface area contributed by atoms with Crippen molar-refractivity contribution in [2.24, 2.45) is 7.05 Å². The van der Waals surface area contributed by atoms with E-state index in [1.807, 2.05) is 0 Å². The number of aromatic nitrogens is 7. The quantitative estimate of drug-likeness (QED) is 0.420. The number of imidazole rings is 1. The zero-order valence-electron chi connectivity index (χ0n) is 16.2. The van der Waals surface area contributed by atoms with Crippen molar-refractivity contribution in [3.8, 4) is 17.3 Å². The van der Waals surface area contributed by atoms with Crippen LogP contribution in [0.25, 0.3) is 28.4 Å². The Labute approximate surface area is 177 Å². The molecule has 0 aromatic carbocycles. The number of hydrogen-bond acceptors (Lipinski definition) is 8. The Morgan fingerprint density at radius 3 is 2.65 bits per heavy atom. The summed E-state index contributed by atoms with van der Waals surface area (Å²) in [6.07, 6.45) is 3.98. The number of nitrogens with zero attached hydrogens (tertiary/aromatic N) is 7. The highest BCUT2D eigenvalue weighted by molar-refractivity contribution is 7.91. The molecule has 1 unspecified atom stereocenters. The molecule has 10 nitrogen and oxygen atoms in total. The van der Waals surface area contributed by atoms with E-state index >= 15 is 0 Å². The van der Waals surface area contributed by atoms with Gasteiger partial charge in [0, 0.05) is 13.1 Å². The molecule has 0 radical (unpaired) electrons. The smallest absolute Gasteiger partial charge is 0.317 e. The van der Waals surface area contributed by atoms with Gasteiger partial charge in [0.1, 0.15) is 34.2 Å². The van der Waals surface area contributed by atoms with Gasteiger partial charge in [-0.05, 0) is 12.1 Å². The van der Waals surface area contributed by atoms with Gasteiger partial charge in [-0.1, -0.05) is 6.92 Å². The maximum Gasteiger partial charge on any atom is 0.317 e. The lowest BCUT2D eigenvalue weighted by Crippen LogP contribution is -2.10. The SMILES string of the molecule is CCS(=O)(=O)c1ccc(-n2cncn2)nc1-c1nc2cc(S(=O)C(F)F)ncc2n1C. The van der Waals surface area contributed by atoms with Crippen molar-refractivity contribution in [1.82, 2.24) is 34.3 Å². The van der Waals surface area contributed by atoms with E-state index in [2.05, 4.69) is 25.0 Å². The first-order chi connectivity index (χ1) is 14.7. The van der Waals surface area contributed by atoms with Crippen molar-refractivity contribution in [3.05, 3.63) is 37.1 Å². The van der Waals surface area contributed by atoms with E-state index in [1.165, 1.54) is 48.7 Å². The summed E-state index contributed by atoms with van der Waals surface area (Å²) in [5, 5.41) is 3.68. The zero-order valence-corrected chi connectivity index (χ0v) is 17.8. The number of rotatable bonds is 6. The Kier molecular flexibility index (Phi) is 5.35. The third-order valence-corrected chi connectivity index (χ3v) is 7.25. The van der Waals surface area contributed by atoms with Crippen LogP contribution >= 0.6 is 0 Å². The molecule has 4 heterocycles. The van der Waals surface area contributed by atoms with Crippen LogP contribution in [0.2, 0.25) is 0 Å². The molecule has 0 amide bonds. The molecule has 4 aromatic heterocycles. The van der Waals surface area contributed by atoms with Crippen molar-refractivity contribution < 1.29 is 21.4 Å². The van der Waals surface area contributed by atoms with E-state index < -0.39 is 26.4 Å². The van der Waals surface area contributed by atoms with E-state index in [0.29, 0.717) is 11.3 Å². The van der Waals surface area contributed by atoms with Crippen molar-refractivity contribution in [3.63, 3.8) is 0 Å². The van der Waals surface area contributed by atoms with E-state index in [1.54, 1.807) is 11.6 Å². The van der Waals surface area contributed by atoms with E-state index in [-0.39, 0.29) is 32.7 Å². The average Bonchev–Trinajstić information content (AvgIpc) is 3.41. The summed E-state index contributed by atoms with van der Waals surface area (Å²) < 4.78 is 65.6. The van der Waals surface area contributed by atoms with Crippen LogP contribution in [0.4, 0.5) is 8.78 Å². The van der Waals surface area contributed by atoms with Gasteiger partial charge < -0.3 is 4.57 Å². The largest absolute Gasteiger partial charge is 0.324 e. The van der Waals surface area contributed by atoms with E-state index in [4.69, 9.17) is 0 Å². The Hall–Kier alpha value is -3.13. The monoisotopic (exact) mass is 467 g/mol. The molecule has 0 aliphatic heterocycles. The lowest BCUT2D eigenvalue weighted by atomic mass is 10.3. The predicted octanol–water partition coefficient (Wildman–Crippen LogP) is 1.73. The summed E-state index contributed by atoms with van der Waals surface area (Å²) in [4.78, 5) is 16.5. The Morgan fingerprint density at radius 2 is 2.00 bits per heavy atom. The van der Waals surface area contributed by atoms with Gasteiger partial charge in [-0.25, -0.2) is 37.2 Å². The molecule has 14 heteroatoms. The molecule has 162 valence electrons. The summed E-state index contributed by atoms with van der Waals surface area (Å²) >= 11 is 0. The van der Waals surface area contributed by atoms with Gasteiger partial charge in [-0.3, -0.25) is 0 Å². The normalized spacial score (nSPS) is 13.2. The second-order valence-electron chi connectivity index (χ2n) is 6.32. The second kappa shape index (κ2) is 7.85. The van der Waals surface area contributed by atoms with Crippen LogP contribution in [-0.2, 0) is 27.7 Å². The topological polar surface area (TPSA) is 126 Å². The maximum atomic E-state index is 12.8. The van der Waals surface area contributed by atoms with Gasteiger partial charge in [0.25, 0.3) is 0 Å². The Morgan fingerprint density at radius 1 is 1.23 bits per heavy atom. The highest BCUT2D eigenvalue weighted by atomic mass is 32.2. The Balaban J connectivity index is 1.96. The maximum absolute atomic E-state index is 12.8. The molecule has 0 N–H and O–H groups in total. The van der Waals surface area contributed by atoms with Gasteiger partial charge in [-0.15, -0.1) is 0 Å². The molecule has 0 saturated heterocycles. The molecule has 4 aromatic rings. The van der Waals surface area contributed by atoms with Crippen LogP contribution in [0.3, 0.4) is 0 Å². The number of sulfone groups is 1. The molecule has 0 aliphatic rings. The lowest BCUT2D eigenvalue weighted by Gasteiger charge is -2.10.